The van der Waals surface area contributed by atoms with E-state index in [4.69, 9.17) is 4.74 Å². The van der Waals surface area contributed by atoms with Crippen molar-refractivity contribution in [2.24, 2.45) is 0 Å². The summed E-state index contributed by atoms with van der Waals surface area (Å²) in [5.74, 6) is -0.845. The summed E-state index contributed by atoms with van der Waals surface area (Å²) in [7, 11) is 1.61. The van der Waals surface area contributed by atoms with Gasteiger partial charge in [0.05, 0.1) is 7.11 Å². The van der Waals surface area contributed by atoms with Crippen molar-refractivity contribution in [3.05, 3.63) is 65.2 Å². The Labute approximate surface area is 119 Å². The molecule has 2 rings (SSSR count). The first kappa shape index (κ1) is 14.0. The smallest absolute Gasteiger partial charge is 0.159 e. The highest BCUT2D eigenvalue weighted by Gasteiger charge is 2.10. The van der Waals surface area contributed by atoms with Gasteiger partial charge in [-0.3, -0.25) is 0 Å². The highest BCUT2D eigenvalue weighted by atomic mass is 79.9. The zero-order valence-corrected chi connectivity index (χ0v) is 12.0. The minimum absolute atomic E-state index is 0.0447. The maximum absolute atomic E-state index is 13.1. The summed E-state index contributed by atoms with van der Waals surface area (Å²) in [6, 6.07) is 11.6. The molecule has 0 heterocycles. The van der Waals surface area contributed by atoms with Gasteiger partial charge in [-0.1, -0.05) is 34.1 Å². The van der Waals surface area contributed by atoms with Gasteiger partial charge < -0.3 is 4.74 Å². The molecular formula is C15H13BrF2O. The molecule has 0 saturated heterocycles. The molecule has 0 N–H and O–H groups in total. The monoisotopic (exact) mass is 326 g/mol. The molecule has 100 valence electrons. The van der Waals surface area contributed by atoms with Gasteiger partial charge in [0.15, 0.2) is 11.6 Å². The van der Waals surface area contributed by atoms with Crippen LogP contribution >= 0.6 is 15.9 Å². The second kappa shape index (κ2) is 6.15. The van der Waals surface area contributed by atoms with Crippen LogP contribution in [0, 0.1) is 11.6 Å². The second-order valence-corrected chi connectivity index (χ2v) is 5.30. The predicted octanol–water partition coefficient (Wildman–Crippen LogP) is 4.65. The summed E-state index contributed by atoms with van der Waals surface area (Å²) in [6.07, 6.45) is 0.587. The van der Waals surface area contributed by atoms with Crippen LogP contribution in [0.3, 0.4) is 0 Å². The van der Waals surface area contributed by atoms with Gasteiger partial charge in [0.25, 0.3) is 0 Å². The SMILES string of the molecule is COc1ccc(C(Br)Cc2ccc(F)c(F)c2)cc1. The van der Waals surface area contributed by atoms with Gasteiger partial charge in [0, 0.05) is 4.83 Å². The Kier molecular flexibility index (Phi) is 4.53. The molecule has 4 heteroatoms. The molecule has 2 aromatic rings. The van der Waals surface area contributed by atoms with Crippen LogP contribution < -0.4 is 4.74 Å². The Hall–Kier alpha value is -1.42. The molecule has 0 fully saturated rings. The number of hydrogen-bond donors (Lipinski definition) is 0. The lowest BCUT2D eigenvalue weighted by molar-refractivity contribution is 0.414. The Morgan fingerprint density at radius 3 is 2.32 bits per heavy atom. The van der Waals surface area contributed by atoms with Gasteiger partial charge in [0.1, 0.15) is 5.75 Å². The van der Waals surface area contributed by atoms with E-state index in [9.17, 15) is 8.78 Å². The van der Waals surface area contributed by atoms with Crippen LogP contribution in [0.1, 0.15) is 16.0 Å². The summed E-state index contributed by atoms with van der Waals surface area (Å²) < 4.78 is 31.1. The number of rotatable bonds is 4. The van der Waals surface area contributed by atoms with E-state index in [1.54, 1.807) is 13.2 Å². The molecule has 19 heavy (non-hydrogen) atoms. The number of hydrogen-bond acceptors (Lipinski definition) is 1. The first-order valence-corrected chi connectivity index (χ1v) is 6.73. The molecule has 1 atom stereocenters. The number of halogens is 3. The van der Waals surface area contributed by atoms with Gasteiger partial charge in [-0.15, -0.1) is 0 Å². The zero-order valence-electron chi connectivity index (χ0n) is 10.4. The fourth-order valence-electron chi connectivity index (χ4n) is 1.80. The quantitative estimate of drug-likeness (QED) is 0.743. The van der Waals surface area contributed by atoms with Gasteiger partial charge in [-0.2, -0.15) is 0 Å². The molecule has 0 saturated carbocycles. The van der Waals surface area contributed by atoms with E-state index in [-0.39, 0.29) is 4.83 Å². The highest BCUT2D eigenvalue weighted by molar-refractivity contribution is 9.09. The fourth-order valence-corrected chi connectivity index (χ4v) is 2.48. The van der Waals surface area contributed by atoms with E-state index in [2.05, 4.69) is 15.9 Å². The van der Waals surface area contributed by atoms with Gasteiger partial charge >= 0.3 is 0 Å². The lowest BCUT2D eigenvalue weighted by Crippen LogP contribution is -1.97. The van der Waals surface area contributed by atoms with Crippen molar-refractivity contribution in [2.75, 3.05) is 7.11 Å². The lowest BCUT2D eigenvalue weighted by atomic mass is 10.0. The zero-order chi connectivity index (χ0) is 13.8. The molecule has 0 aromatic heterocycles. The van der Waals surface area contributed by atoms with E-state index < -0.39 is 11.6 Å². The topological polar surface area (TPSA) is 9.23 Å². The van der Waals surface area contributed by atoms with E-state index >= 15 is 0 Å². The first-order valence-electron chi connectivity index (χ1n) is 5.82. The first-order chi connectivity index (χ1) is 9.10. The summed E-state index contributed by atoms with van der Waals surface area (Å²) in [5, 5.41) is 0. The van der Waals surface area contributed by atoms with Crippen LogP contribution in [0.5, 0.6) is 5.75 Å². The highest BCUT2D eigenvalue weighted by Crippen LogP contribution is 2.28. The van der Waals surface area contributed by atoms with Gasteiger partial charge in [-0.05, 0) is 41.8 Å². The van der Waals surface area contributed by atoms with Crippen molar-refractivity contribution in [2.45, 2.75) is 11.2 Å². The Balaban J connectivity index is 2.10. The molecule has 0 spiro atoms. The van der Waals surface area contributed by atoms with Crippen LogP contribution in [-0.2, 0) is 6.42 Å². The maximum atomic E-state index is 13.1. The molecule has 2 aromatic carbocycles. The number of alkyl halides is 1. The summed E-state index contributed by atoms with van der Waals surface area (Å²) >= 11 is 3.56. The number of ether oxygens (including phenoxy) is 1. The van der Waals surface area contributed by atoms with Gasteiger partial charge in [-0.25, -0.2) is 8.78 Å². The normalized spacial score (nSPS) is 12.2. The summed E-state index contributed by atoms with van der Waals surface area (Å²) in [5.41, 5.74) is 1.81. The number of benzene rings is 2. The Morgan fingerprint density at radius 1 is 1.05 bits per heavy atom. The van der Waals surface area contributed by atoms with Gasteiger partial charge in [0.2, 0.25) is 0 Å². The van der Waals surface area contributed by atoms with Crippen LogP contribution in [0.25, 0.3) is 0 Å². The van der Waals surface area contributed by atoms with Crippen molar-refractivity contribution in [1.82, 2.24) is 0 Å². The minimum Gasteiger partial charge on any atom is -0.497 e. The fraction of sp³-hybridized carbons (Fsp3) is 0.200. The molecule has 0 aliphatic rings. The molecule has 1 unspecified atom stereocenters. The van der Waals surface area contributed by atoms with Crippen LogP contribution in [0.15, 0.2) is 42.5 Å². The molecule has 0 aliphatic heterocycles. The second-order valence-electron chi connectivity index (χ2n) is 4.19. The van der Waals surface area contributed by atoms with Crippen molar-refractivity contribution in [3.63, 3.8) is 0 Å². The minimum atomic E-state index is -0.820. The van der Waals surface area contributed by atoms with Crippen molar-refractivity contribution in [3.8, 4) is 5.75 Å². The molecule has 1 nitrogen and oxygen atoms in total. The summed E-state index contributed by atoms with van der Waals surface area (Å²) in [6.45, 7) is 0. The van der Waals surface area contributed by atoms with Crippen LogP contribution in [0.4, 0.5) is 8.78 Å². The molecule has 0 aliphatic carbocycles. The average Bonchev–Trinajstić information content (AvgIpc) is 2.43. The van der Waals surface area contributed by atoms with E-state index in [0.29, 0.717) is 6.42 Å². The van der Waals surface area contributed by atoms with E-state index in [1.807, 2.05) is 24.3 Å². The number of methoxy groups -OCH3 is 1. The summed E-state index contributed by atoms with van der Waals surface area (Å²) in [4.78, 5) is 0.0447. The van der Waals surface area contributed by atoms with Crippen molar-refractivity contribution < 1.29 is 13.5 Å². The van der Waals surface area contributed by atoms with E-state index in [0.717, 1.165) is 22.9 Å². The third-order valence-corrected chi connectivity index (χ3v) is 3.73. The van der Waals surface area contributed by atoms with Crippen molar-refractivity contribution in [1.29, 1.82) is 0 Å². The Morgan fingerprint density at radius 2 is 1.74 bits per heavy atom. The lowest BCUT2D eigenvalue weighted by Gasteiger charge is -2.11. The maximum Gasteiger partial charge on any atom is 0.159 e. The van der Waals surface area contributed by atoms with Crippen LogP contribution in [0.2, 0.25) is 0 Å². The third-order valence-electron chi connectivity index (χ3n) is 2.88. The third kappa shape index (κ3) is 3.53. The largest absolute Gasteiger partial charge is 0.497 e. The van der Waals surface area contributed by atoms with E-state index in [1.165, 1.54) is 6.07 Å². The van der Waals surface area contributed by atoms with Crippen molar-refractivity contribution >= 4 is 15.9 Å². The molecule has 0 amide bonds. The van der Waals surface area contributed by atoms with Crippen LogP contribution in [-0.4, -0.2) is 7.11 Å². The molecule has 0 bridgehead atoms. The molecular weight excluding hydrogens is 314 g/mol. The molecule has 0 radical (unpaired) electrons. The predicted molar refractivity (Wildman–Crippen MR) is 74.7 cm³/mol. The standard InChI is InChI=1S/C15H13BrF2O/c1-19-12-5-3-11(4-6-12)13(16)8-10-2-7-14(17)15(18)9-10/h2-7,9,13H,8H2,1H3. The Bertz CT molecular complexity index is 555. The average molecular weight is 327 g/mol.